The van der Waals surface area contributed by atoms with Gasteiger partial charge in [0.1, 0.15) is 0 Å². The third kappa shape index (κ3) is 4.94. The number of hydrogen-bond donors (Lipinski definition) is 2. The standard InChI is InChI=1S/C13H19NO2/c1-10-4-2-5-11(8-10)6-3-7-12(14)9-13(15)16/h2,4-5,8,12H,3,6-7,9,14H2,1H3,(H,15,16). The summed E-state index contributed by atoms with van der Waals surface area (Å²) in [5.74, 6) is -0.817. The maximum atomic E-state index is 10.4. The highest BCUT2D eigenvalue weighted by Crippen LogP contribution is 2.09. The highest BCUT2D eigenvalue weighted by atomic mass is 16.4. The maximum Gasteiger partial charge on any atom is 0.304 e. The second-order valence-electron chi connectivity index (χ2n) is 4.24. The Morgan fingerprint density at radius 3 is 2.88 bits per heavy atom. The Bertz CT molecular complexity index is 350. The van der Waals surface area contributed by atoms with Crippen LogP contribution in [0.3, 0.4) is 0 Å². The minimum absolute atomic E-state index is 0.0633. The van der Waals surface area contributed by atoms with E-state index in [4.69, 9.17) is 10.8 Å². The lowest BCUT2D eigenvalue weighted by molar-refractivity contribution is -0.137. The van der Waals surface area contributed by atoms with Gasteiger partial charge >= 0.3 is 5.97 Å². The lowest BCUT2D eigenvalue weighted by Gasteiger charge is -2.08. The summed E-state index contributed by atoms with van der Waals surface area (Å²) in [7, 11) is 0. The van der Waals surface area contributed by atoms with Crippen LogP contribution in [0.4, 0.5) is 0 Å². The molecule has 0 aliphatic rings. The third-order valence-corrected chi connectivity index (χ3v) is 2.56. The number of benzene rings is 1. The first-order valence-electron chi connectivity index (χ1n) is 5.61. The predicted molar refractivity (Wildman–Crippen MR) is 64.3 cm³/mol. The van der Waals surface area contributed by atoms with Crippen LogP contribution >= 0.6 is 0 Å². The van der Waals surface area contributed by atoms with E-state index >= 15 is 0 Å². The van der Waals surface area contributed by atoms with Crippen molar-refractivity contribution >= 4 is 5.97 Å². The third-order valence-electron chi connectivity index (χ3n) is 2.56. The molecule has 16 heavy (non-hydrogen) atoms. The van der Waals surface area contributed by atoms with Gasteiger partial charge in [-0.05, 0) is 31.7 Å². The molecule has 1 aromatic rings. The summed E-state index contributed by atoms with van der Waals surface area (Å²) in [4.78, 5) is 10.4. The molecule has 0 saturated heterocycles. The van der Waals surface area contributed by atoms with Gasteiger partial charge < -0.3 is 10.8 Å². The van der Waals surface area contributed by atoms with Crippen LogP contribution in [0.25, 0.3) is 0 Å². The molecule has 0 radical (unpaired) electrons. The largest absolute Gasteiger partial charge is 0.481 e. The summed E-state index contributed by atoms with van der Waals surface area (Å²) in [6.07, 6.45) is 2.74. The summed E-state index contributed by atoms with van der Waals surface area (Å²) >= 11 is 0. The van der Waals surface area contributed by atoms with Crippen LogP contribution < -0.4 is 5.73 Å². The van der Waals surface area contributed by atoms with E-state index in [1.165, 1.54) is 11.1 Å². The Hall–Kier alpha value is -1.35. The Morgan fingerprint density at radius 2 is 2.25 bits per heavy atom. The van der Waals surface area contributed by atoms with Crippen molar-refractivity contribution in [3.63, 3.8) is 0 Å². The summed E-state index contributed by atoms with van der Waals surface area (Å²) in [6, 6.07) is 8.14. The van der Waals surface area contributed by atoms with E-state index in [2.05, 4.69) is 25.1 Å². The molecule has 0 saturated carbocycles. The average Bonchev–Trinajstić information content (AvgIpc) is 2.16. The van der Waals surface area contributed by atoms with Crippen LogP contribution in [0.2, 0.25) is 0 Å². The second-order valence-corrected chi connectivity index (χ2v) is 4.24. The summed E-state index contributed by atoms with van der Waals surface area (Å²) in [5, 5.41) is 8.56. The van der Waals surface area contributed by atoms with Crippen LogP contribution in [0, 0.1) is 6.92 Å². The van der Waals surface area contributed by atoms with Crippen molar-refractivity contribution in [1.82, 2.24) is 0 Å². The molecule has 88 valence electrons. The topological polar surface area (TPSA) is 63.3 Å². The van der Waals surface area contributed by atoms with Gasteiger partial charge in [0.05, 0.1) is 6.42 Å². The minimum atomic E-state index is -0.817. The first-order chi connectivity index (χ1) is 7.58. The second kappa shape index (κ2) is 6.28. The van der Waals surface area contributed by atoms with Gasteiger partial charge in [-0.15, -0.1) is 0 Å². The first-order valence-corrected chi connectivity index (χ1v) is 5.61. The average molecular weight is 221 g/mol. The molecule has 3 nitrogen and oxygen atoms in total. The molecule has 1 atom stereocenters. The minimum Gasteiger partial charge on any atom is -0.481 e. The number of nitrogens with two attached hydrogens (primary N) is 1. The number of hydrogen-bond acceptors (Lipinski definition) is 2. The summed E-state index contributed by atoms with van der Waals surface area (Å²) < 4.78 is 0. The monoisotopic (exact) mass is 221 g/mol. The van der Waals surface area contributed by atoms with E-state index < -0.39 is 5.97 Å². The fourth-order valence-corrected chi connectivity index (χ4v) is 1.76. The van der Waals surface area contributed by atoms with Crippen LogP contribution in [0.5, 0.6) is 0 Å². The van der Waals surface area contributed by atoms with Crippen molar-refractivity contribution in [3.8, 4) is 0 Å². The predicted octanol–water partition coefficient (Wildman–Crippen LogP) is 2.12. The van der Waals surface area contributed by atoms with Gasteiger partial charge in [-0.1, -0.05) is 29.8 Å². The Balaban J connectivity index is 2.27. The molecule has 3 N–H and O–H groups in total. The van der Waals surface area contributed by atoms with Gasteiger partial charge in [-0.2, -0.15) is 0 Å². The Labute approximate surface area is 96.3 Å². The number of carboxylic acid groups (broad SMARTS) is 1. The zero-order valence-electron chi connectivity index (χ0n) is 9.65. The molecule has 0 bridgehead atoms. The molecule has 0 aromatic heterocycles. The fourth-order valence-electron chi connectivity index (χ4n) is 1.76. The molecule has 1 aromatic carbocycles. The zero-order valence-corrected chi connectivity index (χ0v) is 9.65. The lowest BCUT2D eigenvalue weighted by Crippen LogP contribution is -2.23. The first kappa shape index (κ1) is 12.7. The van der Waals surface area contributed by atoms with Crippen molar-refractivity contribution in [2.24, 2.45) is 5.73 Å². The van der Waals surface area contributed by atoms with Gasteiger partial charge in [0, 0.05) is 6.04 Å². The van der Waals surface area contributed by atoms with E-state index in [0.29, 0.717) is 0 Å². The molecule has 3 heteroatoms. The lowest BCUT2D eigenvalue weighted by atomic mass is 10.0. The SMILES string of the molecule is Cc1cccc(CCCC(N)CC(=O)O)c1. The van der Waals surface area contributed by atoms with E-state index in [-0.39, 0.29) is 12.5 Å². The van der Waals surface area contributed by atoms with Gasteiger partial charge in [-0.3, -0.25) is 4.79 Å². The number of aryl methyl sites for hydroxylation is 2. The smallest absolute Gasteiger partial charge is 0.304 e. The zero-order chi connectivity index (χ0) is 12.0. The van der Waals surface area contributed by atoms with Crippen molar-refractivity contribution in [2.45, 2.75) is 38.6 Å². The Kier molecular flexibility index (Phi) is 4.99. The van der Waals surface area contributed by atoms with Crippen LogP contribution in [0.1, 0.15) is 30.4 Å². The van der Waals surface area contributed by atoms with Crippen molar-refractivity contribution < 1.29 is 9.90 Å². The maximum absolute atomic E-state index is 10.4. The van der Waals surface area contributed by atoms with Crippen molar-refractivity contribution in [3.05, 3.63) is 35.4 Å². The van der Waals surface area contributed by atoms with E-state index in [1.807, 2.05) is 6.07 Å². The van der Waals surface area contributed by atoms with E-state index in [1.54, 1.807) is 0 Å². The molecule has 0 heterocycles. The van der Waals surface area contributed by atoms with Crippen molar-refractivity contribution in [2.75, 3.05) is 0 Å². The number of aliphatic carboxylic acids is 1. The van der Waals surface area contributed by atoms with E-state index in [9.17, 15) is 4.79 Å². The molecule has 0 spiro atoms. The molecule has 0 amide bonds. The van der Waals surface area contributed by atoms with Crippen molar-refractivity contribution in [1.29, 1.82) is 0 Å². The molecule has 1 unspecified atom stereocenters. The van der Waals surface area contributed by atoms with Crippen LogP contribution in [-0.2, 0) is 11.2 Å². The highest BCUT2D eigenvalue weighted by Gasteiger charge is 2.07. The van der Waals surface area contributed by atoms with Crippen LogP contribution in [0.15, 0.2) is 24.3 Å². The molecular formula is C13H19NO2. The summed E-state index contributed by atoms with van der Waals surface area (Å²) in [6.45, 7) is 2.07. The summed E-state index contributed by atoms with van der Waals surface area (Å²) in [5.41, 5.74) is 8.24. The highest BCUT2D eigenvalue weighted by molar-refractivity contribution is 5.67. The normalized spacial score (nSPS) is 12.4. The molecular weight excluding hydrogens is 202 g/mol. The number of carboxylic acids is 1. The quantitative estimate of drug-likeness (QED) is 0.773. The fraction of sp³-hybridized carbons (Fsp3) is 0.462. The molecule has 1 rings (SSSR count). The van der Waals surface area contributed by atoms with E-state index in [0.717, 1.165) is 19.3 Å². The number of rotatable bonds is 6. The van der Waals surface area contributed by atoms with Gasteiger partial charge in [0.2, 0.25) is 0 Å². The number of carbonyl (C=O) groups is 1. The Morgan fingerprint density at radius 1 is 1.50 bits per heavy atom. The molecule has 0 aliphatic heterocycles. The molecule has 0 aliphatic carbocycles. The van der Waals surface area contributed by atoms with Gasteiger partial charge in [0.15, 0.2) is 0 Å². The van der Waals surface area contributed by atoms with Crippen LogP contribution in [-0.4, -0.2) is 17.1 Å². The van der Waals surface area contributed by atoms with Gasteiger partial charge in [-0.25, -0.2) is 0 Å². The van der Waals surface area contributed by atoms with Gasteiger partial charge in [0.25, 0.3) is 0 Å². The molecule has 0 fully saturated rings.